The molecule has 2 N–H and O–H groups in total. The fourth-order valence-corrected chi connectivity index (χ4v) is 11.0. The number of hydrogen-bond donors (Lipinski definition) is 2. The van der Waals surface area contributed by atoms with Crippen LogP contribution in [0, 0.1) is 56.7 Å². The van der Waals surface area contributed by atoms with Gasteiger partial charge in [0.1, 0.15) is 0 Å². The van der Waals surface area contributed by atoms with Gasteiger partial charge < -0.3 is 10.3 Å². The van der Waals surface area contributed by atoms with E-state index in [1.165, 1.54) is 18.4 Å². The summed E-state index contributed by atoms with van der Waals surface area (Å²) in [5.74, 6) is 1.73. The standard InChI is InChI=1S/C30H47NO3/c1-18-10-13-30(25(32)33)15-14-28(6)21(24(30)19(18)2)8-9-23-27(5)17-20(31-34)16-26(3,4)22(27)11-12-29(23,28)7/h8,18-19,22-24,34H,9-17H2,1-7H3,(H,32,33)/b31-20-/t18-,19+,22+,23-,24+,27+,28-,29-,30+/m1/s1. The van der Waals surface area contributed by atoms with Crippen molar-refractivity contribution in [1.82, 2.24) is 0 Å². The van der Waals surface area contributed by atoms with E-state index in [4.69, 9.17) is 0 Å². The van der Waals surface area contributed by atoms with E-state index in [1.54, 1.807) is 0 Å². The summed E-state index contributed by atoms with van der Waals surface area (Å²) in [6.07, 6.45) is 11.5. The van der Waals surface area contributed by atoms with Gasteiger partial charge in [0.2, 0.25) is 0 Å². The van der Waals surface area contributed by atoms with Crippen molar-refractivity contribution in [3.8, 4) is 0 Å². The van der Waals surface area contributed by atoms with Crippen molar-refractivity contribution in [3.63, 3.8) is 0 Å². The van der Waals surface area contributed by atoms with Gasteiger partial charge in [-0.05, 0) is 109 Å². The highest BCUT2D eigenvalue weighted by Crippen LogP contribution is 2.75. The highest BCUT2D eigenvalue weighted by Gasteiger charge is 2.69. The Morgan fingerprint density at radius 3 is 2.32 bits per heavy atom. The molecule has 190 valence electrons. The Morgan fingerprint density at radius 2 is 1.68 bits per heavy atom. The van der Waals surface area contributed by atoms with Gasteiger partial charge in [-0.15, -0.1) is 0 Å². The first kappa shape index (κ1) is 24.4. The summed E-state index contributed by atoms with van der Waals surface area (Å²) in [7, 11) is 0. The van der Waals surface area contributed by atoms with E-state index in [-0.39, 0.29) is 27.6 Å². The number of nitrogens with zero attached hydrogens (tertiary/aromatic N) is 1. The lowest BCUT2D eigenvalue weighted by molar-refractivity contribution is -0.182. The molecule has 4 fully saturated rings. The van der Waals surface area contributed by atoms with Crippen LogP contribution < -0.4 is 0 Å². The molecule has 0 amide bonds. The minimum atomic E-state index is -0.578. The van der Waals surface area contributed by atoms with Crippen molar-refractivity contribution in [2.75, 3.05) is 0 Å². The predicted molar refractivity (Wildman–Crippen MR) is 136 cm³/mol. The van der Waals surface area contributed by atoms with E-state index in [2.05, 4.69) is 59.7 Å². The number of carbonyl (C=O) groups is 1. The molecule has 0 radical (unpaired) electrons. The first-order valence-electron chi connectivity index (χ1n) is 13.9. The first-order chi connectivity index (χ1) is 15.8. The number of hydrogen-bond acceptors (Lipinski definition) is 3. The SMILES string of the molecule is C[C@H]1[C@H](C)CC[C@]2(C(=O)O)CC[C@]3(C)C(=CC[C@@H]4[C@@]5(C)C/C(=N\O)CC(C)(C)[C@@H]5CC[C@]43C)[C@H]12. The number of carboxylic acid groups (broad SMARTS) is 1. The van der Waals surface area contributed by atoms with Gasteiger partial charge in [-0.2, -0.15) is 0 Å². The molecule has 0 aliphatic heterocycles. The lowest BCUT2D eigenvalue weighted by Crippen LogP contribution is -2.64. The van der Waals surface area contributed by atoms with Crippen LogP contribution in [0.1, 0.15) is 106 Å². The van der Waals surface area contributed by atoms with Gasteiger partial charge >= 0.3 is 5.97 Å². The zero-order valence-electron chi connectivity index (χ0n) is 22.6. The summed E-state index contributed by atoms with van der Waals surface area (Å²) in [5, 5.41) is 24.1. The molecule has 4 heteroatoms. The second-order valence-electron chi connectivity index (χ2n) is 14.6. The number of allylic oxidation sites excluding steroid dienone is 2. The summed E-state index contributed by atoms with van der Waals surface area (Å²) >= 11 is 0. The van der Waals surface area contributed by atoms with Crippen LogP contribution in [0.15, 0.2) is 16.8 Å². The lowest BCUT2D eigenvalue weighted by Gasteiger charge is -2.71. The molecule has 0 aromatic carbocycles. The van der Waals surface area contributed by atoms with Crippen LogP contribution in [0.3, 0.4) is 0 Å². The third-order valence-corrected chi connectivity index (χ3v) is 13.0. The quantitative estimate of drug-likeness (QED) is 0.236. The van der Waals surface area contributed by atoms with Crippen molar-refractivity contribution in [1.29, 1.82) is 0 Å². The van der Waals surface area contributed by atoms with Crippen molar-refractivity contribution >= 4 is 11.7 Å². The molecule has 0 aromatic rings. The Balaban J connectivity index is 1.63. The second-order valence-corrected chi connectivity index (χ2v) is 14.6. The van der Waals surface area contributed by atoms with Gasteiger partial charge in [0, 0.05) is 0 Å². The fourth-order valence-electron chi connectivity index (χ4n) is 11.0. The van der Waals surface area contributed by atoms with Crippen LogP contribution >= 0.6 is 0 Å². The normalized spacial score (nSPS) is 53.1. The summed E-state index contributed by atoms with van der Waals surface area (Å²) < 4.78 is 0. The van der Waals surface area contributed by atoms with Crippen molar-refractivity contribution in [3.05, 3.63) is 11.6 Å². The third-order valence-electron chi connectivity index (χ3n) is 13.0. The van der Waals surface area contributed by atoms with E-state index in [0.29, 0.717) is 23.7 Å². The number of fused-ring (bicyclic) bond motifs is 7. The topological polar surface area (TPSA) is 69.9 Å². The van der Waals surface area contributed by atoms with Crippen LogP contribution in [0.2, 0.25) is 0 Å². The Kier molecular flexibility index (Phi) is 5.27. The Bertz CT molecular complexity index is 951. The highest BCUT2D eigenvalue weighted by molar-refractivity contribution is 5.86. The zero-order valence-corrected chi connectivity index (χ0v) is 22.6. The maximum Gasteiger partial charge on any atom is 0.310 e. The molecule has 0 unspecified atom stereocenters. The summed E-state index contributed by atoms with van der Waals surface area (Å²) in [4.78, 5) is 12.8. The molecule has 34 heavy (non-hydrogen) atoms. The van der Waals surface area contributed by atoms with Crippen LogP contribution in [0.5, 0.6) is 0 Å². The van der Waals surface area contributed by atoms with Gasteiger partial charge in [0.25, 0.3) is 0 Å². The first-order valence-corrected chi connectivity index (χ1v) is 13.9. The third kappa shape index (κ3) is 2.83. The van der Waals surface area contributed by atoms with Crippen LogP contribution in [0.4, 0.5) is 0 Å². The molecule has 0 spiro atoms. The van der Waals surface area contributed by atoms with Crippen molar-refractivity contribution in [2.45, 2.75) is 106 Å². The summed E-state index contributed by atoms with van der Waals surface area (Å²) in [6.45, 7) is 17.0. The van der Waals surface area contributed by atoms with E-state index in [1.807, 2.05) is 0 Å². The minimum absolute atomic E-state index is 0.0386. The molecule has 4 nitrogen and oxygen atoms in total. The van der Waals surface area contributed by atoms with Crippen molar-refractivity contribution < 1.29 is 15.1 Å². The summed E-state index contributed by atoms with van der Waals surface area (Å²) in [6, 6.07) is 0. The van der Waals surface area contributed by atoms with E-state index in [9.17, 15) is 15.1 Å². The Labute approximate surface area is 206 Å². The number of oxime groups is 1. The maximum absolute atomic E-state index is 12.8. The molecule has 0 aromatic heterocycles. The van der Waals surface area contributed by atoms with E-state index < -0.39 is 11.4 Å². The van der Waals surface area contributed by atoms with Gasteiger partial charge in [0.15, 0.2) is 0 Å². The minimum Gasteiger partial charge on any atom is -0.481 e. The number of aliphatic carboxylic acids is 1. The molecule has 5 aliphatic carbocycles. The molecule has 5 rings (SSSR count). The average molecular weight is 470 g/mol. The van der Waals surface area contributed by atoms with E-state index >= 15 is 0 Å². The predicted octanol–water partition coefficient (Wildman–Crippen LogP) is 7.56. The molecule has 9 atom stereocenters. The van der Waals surface area contributed by atoms with Gasteiger partial charge in [-0.25, -0.2) is 0 Å². The fraction of sp³-hybridized carbons (Fsp3) is 0.867. The molecule has 5 aliphatic rings. The molecule has 0 saturated heterocycles. The molecule has 0 heterocycles. The Morgan fingerprint density at radius 1 is 0.971 bits per heavy atom. The van der Waals surface area contributed by atoms with Gasteiger partial charge in [-0.1, -0.05) is 65.3 Å². The van der Waals surface area contributed by atoms with Crippen LogP contribution in [-0.4, -0.2) is 22.0 Å². The highest BCUT2D eigenvalue weighted by atomic mass is 16.4. The van der Waals surface area contributed by atoms with Crippen molar-refractivity contribution in [2.24, 2.45) is 61.8 Å². The zero-order chi connectivity index (χ0) is 24.9. The van der Waals surface area contributed by atoms with Gasteiger partial charge in [-0.3, -0.25) is 4.79 Å². The van der Waals surface area contributed by atoms with Gasteiger partial charge in [0.05, 0.1) is 11.1 Å². The monoisotopic (exact) mass is 469 g/mol. The lowest BCUT2D eigenvalue weighted by atomic mass is 9.33. The molecule has 0 bridgehead atoms. The number of carboxylic acids is 1. The van der Waals surface area contributed by atoms with Crippen LogP contribution in [0.25, 0.3) is 0 Å². The van der Waals surface area contributed by atoms with Crippen LogP contribution in [-0.2, 0) is 4.79 Å². The average Bonchev–Trinajstić information content (AvgIpc) is 2.75. The molecule has 4 saturated carbocycles. The van der Waals surface area contributed by atoms with E-state index in [0.717, 1.165) is 50.7 Å². The Hall–Kier alpha value is -1.32. The smallest absolute Gasteiger partial charge is 0.310 e. The number of rotatable bonds is 1. The summed E-state index contributed by atoms with van der Waals surface area (Å²) in [5.41, 5.74) is 2.31. The second kappa shape index (κ2) is 7.35. The molecular formula is C30H47NO3. The maximum atomic E-state index is 12.8. The molecular weight excluding hydrogens is 422 g/mol. The largest absolute Gasteiger partial charge is 0.481 e.